The summed E-state index contributed by atoms with van der Waals surface area (Å²) in [5.74, 6) is 3.89. The summed E-state index contributed by atoms with van der Waals surface area (Å²) in [4.78, 5) is 2.48. The predicted octanol–water partition coefficient (Wildman–Crippen LogP) is 3.90. The van der Waals surface area contributed by atoms with Gasteiger partial charge in [-0.05, 0) is 23.7 Å². The van der Waals surface area contributed by atoms with Crippen molar-refractivity contribution in [3.8, 4) is 11.8 Å². The van der Waals surface area contributed by atoms with Crippen molar-refractivity contribution in [2.45, 2.75) is 12.6 Å². The maximum Gasteiger partial charge on any atom is 0.416 e. The summed E-state index contributed by atoms with van der Waals surface area (Å²) in [6, 6.07) is 2.02. The molecular weight excluding hydrogens is 250 g/mol. The second-order valence-electron chi connectivity index (χ2n) is 3.20. The van der Waals surface area contributed by atoms with Gasteiger partial charge in [0.2, 0.25) is 0 Å². The summed E-state index contributed by atoms with van der Waals surface area (Å²) in [7, 11) is 0. The lowest BCUT2D eigenvalue weighted by atomic mass is 10.1. The van der Waals surface area contributed by atoms with Crippen LogP contribution in [-0.4, -0.2) is 6.54 Å². The van der Waals surface area contributed by atoms with Crippen molar-refractivity contribution in [1.29, 1.82) is 0 Å². The molecule has 0 N–H and O–H groups in total. The Morgan fingerprint density at radius 1 is 1.33 bits per heavy atom. The Labute approximate surface area is 100 Å². The summed E-state index contributed by atoms with van der Waals surface area (Å²) < 4.78 is 50.3. The third kappa shape index (κ3) is 4.00. The first-order chi connectivity index (χ1) is 8.45. The van der Waals surface area contributed by atoms with Crippen LogP contribution in [0.1, 0.15) is 17.5 Å². The predicted molar refractivity (Wildman–Crippen MR) is 56.9 cm³/mol. The first kappa shape index (κ1) is 13.9. The van der Waals surface area contributed by atoms with Gasteiger partial charge in [0.05, 0.1) is 11.1 Å². The average Bonchev–Trinajstić information content (AvgIpc) is 2.29. The van der Waals surface area contributed by atoms with Crippen molar-refractivity contribution < 1.29 is 17.6 Å². The third-order valence-corrected chi connectivity index (χ3v) is 1.92. The molecule has 0 radical (unpaired) electrons. The van der Waals surface area contributed by atoms with E-state index in [0.717, 1.165) is 6.07 Å². The third-order valence-electron chi connectivity index (χ3n) is 1.92. The molecule has 18 heavy (non-hydrogen) atoms. The molecule has 1 aromatic carbocycles. The number of benzene rings is 1. The van der Waals surface area contributed by atoms with Gasteiger partial charge in [0.25, 0.3) is 0 Å². The SMILES string of the molecule is [N-]=[N+]=NCCC#Cc1cc(C(F)(F)F)ccc1F. The molecule has 0 spiro atoms. The molecule has 0 unspecified atom stereocenters. The van der Waals surface area contributed by atoms with Crippen molar-refractivity contribution in [1.82, 2.24) is 0 Å². The molecule has 0 heterocycles. The Morgan fingerprint density at radius 2 is 2.06 bits per heavy atom. The van der Waals surface area contributed by atoms with Crippen LogP contribution in [0, 0.1) is 17.7 Å². The van der Waals surface area contributed by atoms with Crippen molar-refractivity contribution in [3.05, 3.63) is 45.6 Å². The van der Waals surface area contributed by atoms with Gasteiger partial charge in [-0.15, -0.1) is 0 Å². The number of azide groups is 1. The minimum absolute atomic E-state index is 0.0874. The first-order valence-corrected chi connectivity index (χ1v) is 4.81. The maximum atomic E-state index is 13.2. The van der Waals surface area contributed by atoms with E-state index in [9.17, 15) is 17.6 Å². The van der Waals surface area contributed by atoms with Gasteiger partial charge in [0.1, 0.15) is 5.82 Å². The summed E-state index contributed by atoms with van der Waals surface area (Å²) in [6.45, 7) is 0.0874. The summed E-state index contributed by atoms with van der Waals surface area (Å²) in [5.41, 5.74) is 6.69. The monoisotopic (exact) mass is 257 g/mol. The Morgan fingerprint density at radius 3 is 2.67 bits per heavy atom. The van der Waals surface area contributed by atoms with E-state index in [2.05, 4.69) is 21.9 Å². The second kappa shape index (κ2) is 5.94. The lowest BCUT2D eigenvalue weighted by molar-refractivity contribution is -0.137. The normalized spacial score (nSPS) is 10.2. The standard InChI is InChI=1S/C11H7F4N3/c12-10-5-4-9(11(13,14)15)7-8(10)3-1-2-6-17-18-16/h4-5,7H,2,6H2. The molecule has 0 saturated carbocycles. The van der Waals surface area contributed by atoms with Crippen LogP contribution in [0.2, 0.25) is 0 Å². The van der Waals surface area contributed by atoms with Crippen LogP contribution in [-0.2, 0) is 6.18 Å². The lowest BCUT2D eigenvalue weighted by Gasteiger charge is -2.06. The van der Waals surface area contributed by atoms with E-state index in [1.165, 1.54) is 0 Å². The molecule has 1 aromatic rings. The molecule has 0 amide bonds. The number of hydrogen-bond donors (Lipinski definition) is 0. The van der Waals surface area contributed by atoms with Crippen LogP contribution in [0.5, 0.6) is 0 Å². The fourth-order valence-electron chi connectivity index (χ4n) is 1.11. The van der Waals surface area contributed by atoms with Crippen LogP contribution >= 0.6 is 0 Å². The van der Waals surface area contributed by atoms with Crippen molar-refractivity contribution >= 4 is 0 Å². The van der Waals surface area contributed by atoms with Crippen LogP contribution in [0.4, 0.5) is 17.6 Å². The van der Waals surface area contributed by atoms with E-state index in [1.807, 2.05) is 0 Å². The van der Waals surface area contributed by atoms with E-state index in [1.54, 1.807) is 0 Å². The number of nitrogens with zero attached hydrogens (tertiary/aromatic N) is 3. The molecule has 7 heteroatoms. The van der Waals surface area contributed by atoms with Crippen LogP contribution in [0.3, 0.4) is 0 Å². The largest absolute Gasteiger partial charge is 0.416 e. The van der Waals surface area contributed by atoms with E-state index >= 15 is 0 Å². The smallest absolute Gasteiger partial charge is 0.206 e. The molecule has 0 aliphatic carbocycles. The van der Waals surface area contributed by atoms with Gasteiger partial charge in [-0.1, -0.05) is 17.0 Å². The average molecular weight is 257 g/mol. The number of rotatable bonds is 2. The zero-order valence-corrected chi connectivity index (χ0v) is 9.00. The highest BCUT2D eigenvalue weighted by atomic mass is 19.4. The highest BCUT2D eigenvalue weighted by molar-refractivity contribution is 5.39. The highest BCUT2D eigenvalue weighted by Gasteiger charge is 2.30. The van der Waals surface area contributed by atoms with Gasteiger partial charge in [-0.3, -0.25) is 0 Å². The van der Waals surface area contributed by atoms with Gasteiger partial charge in [-0.2, -0.15) is 13.2 Å². The Bertz CT molecular complexity index is 533. The fourth-order valence-corrected chi connectivity index (χ4v) is 1.11. The Hall–Kier alpha value is -2.19. The molecule has 0 aliphatic rings. The van der Waals surface area contributed by atoms with Crippen molar-refractivity contribution in [3.63, 3.8) is 0 Å². The molecule has 0 saturated heterocycles. The molecule has 0 atom stereocenters. The molecule has 1 rings (SSSR count). The topological polar surface area (TPSA) is 48.8 Å². The molecule has 0 bridgehead atoms. The summed E-state index contributed by atoms with van der Waals surface area (Å²) in [6.07, 6.45) is -4.38. The molecule has 94 valence electrons. The van der Waals surface area contributed by atoms with E-state index < -0.39 is 17.6 Å². The summed E-state index contributed by atoms with van der Waals surface area (Å²) >= 11 is 0. The molecule has 0 fully saturated rings. The van der Waals surface area contributed by atoms with Crippen molar-refractivity contribution in [2.24, 2.45) is 5.11 Å². The lowest BCUT2D eigenvalue weighted by Crippen LogP contribution is -2.05. The van der Waals surface area contributed by atoms with Crippen LogP contribution < -0.4 is 0 Å². The molecule has 0 aliphatic heterocycles. The van der Waals surface area contributed by atoms with Gasteiger partial charge in [-0.25, -0.2) is 4.39 Å². The van der Waals surface area contributed by atoms with Gasteiger partial charge < -0.3 is 0 Å². The zero-order chi connectivity index (χ0) is 13.6. The molecular formula is C11H7F4N3. The van der Waals surface area contributed by atoms with E-state index in [0.29, 0.717) is 12.1 Å². The number of alkyl halides is 3. The minimum atomic E-state index is -4.53. The molecule has 3 nitrogen and oxygen atoms in total. The quantitative estimate of drug-likeness (QED) is 0.193. The van der Waals surface area contributed by atoms with Crippen molar-refractivity contribution in [2.75, 3.05) is 6.54 Å². The first-order valence-electron chi connectivity index (χ1n) is 4.81. The zero-order valence-electron chi connectivity index (χ0n) is 9.00. The van der Waals surface area contributed by atoms with Gasteiger partial charge >= 0.3 is 6.18 Å². The van der Waals surface area contributed by atoms with E-state index in [-0.39, 0.29) is 18.5 Å². The number of halogens is 4. The van der Waals surface area contributed by atoms with Crippen LogP contribution in [0.25, 0.3) is 10.4 Å². The number of hydrogen-bond acceptors (Lipinski definition) is 1. The van der Waals surface area contributed by atoms with Crippen LogP contribution in [0.15, 0.2) is 23.3 Å². The second-order valence-corrected chi connectivity index (χ2v) is 3.20. The fraction of sp³-hybridized carbons (Fsp3) is 0.273. The van der Waals surface area contributed by atoms with Gasteiger partial charge in [0, 0.05) is 17.9 Å². The highest BCUT2D eigenvalue weighted by Crippen LogP contribution is 2.30. The maximum absolute atomic E-state index is 13.2. The summed E-state index contributed by atoms with van der Waals surface area (Å²) in [5, 5.41) is 3.19. The Kier molecular flexibility index (Phi) is 4.58. The van der Waals surface area contributed by atoms with Gasteiger partial charge in [0.15, 0.2) is 0 Å². The molecule has 0 aromatic heterocycles. The minimum Gasteiger partial charge on any atom is -0.206 e. The van der Waals surface area contributed by atoms with E-state index in [4.69, 9.17) is 5.53 Å². The Balaban J connectivity index is 2.91.